The normalized spacial score (nSPS) is 22.6. The van der Waals surface area contributed by atoms with Crippen LogP contribution < -0.4 is 0 Å². The average molecular weight is 425 g/mol. The van der Waals surface area contributed by atoms with Crippen LogP contribution in [-0.4, -0.2) is 41.8 Å². The van der Waals surface area contributed by atoms with Gasteiger partial charge in [-0.15, -0.1) is 0 Å². The maximum Gasteiger partial charge on any atom is 0.366 e. The van der Waals surface area contributed by atoms with Crippen molar-refractivity contribution >= 4 is 5.97 Å². The summed E-state index contributed by atoms with van der Waals surface area (Å²) in [5.74, 6) is -1.73. The molecule has 5 heteroatoms. The van der Waals surface area contributed by atoms with E-state index >= 15 is 0 Å². The zero-order valence-electron chi connectivity index (χ0n) is 19.5. The second kappa shape index (κ2) is 14.8. The van der Waals surface area contributed by atoms with Gasteiger partial charge in [-0.2, -0.15) is 0 Å². The van der Waals surface area contributed by atoms with Gasteiger partial charge in [0.2, 0.25) is 0 Å². The zero-order chi connectivity index (χ0) is 22.4. The summed E-state index contributed by atoms with van der Waals surface area (Å²) in [6.45, 7) is 7.23. The summed E-state index contributed by atoms with van der Waals surface area (Å²) >= 11 is 0. The average Bonchev–Trinajstić information content (AvgIpc) is 3.09. The molecule has 2 N–H and O–H groups in total. The van der Waals surface area contributed by atoms with Gasteiger partial charge < -0.3 is 19.7 Å². The molecule has 1 aliphatic rings. The molecular formula is C25H44O5. The highest BCUT2D eigenvalue weighted by Crippen LogP contribution is 2.40. The van der Waals surface area contributed by atoms with Crippen LogP contribution in [0.4, 0.5) is 0 Å². The minimum Gasteiger partial charge on any atom is -0.465 e. The lowest BCUT2D eigenvalue weighted by Gasteiger charge is -2.22. The lowest BCUT2D eigenvalue weighted by Crippen LogP contribution is -2.39. The summed E-state index contributed by atoms with van der Waals surface area (Å²) in [6, 6.07) is 0. The fraction of sp³-hybridized carbons (Fsp3) is 0.800. The molecule has 0 aliphatic heterocycles. The van der Waals surface area contributed by atoms with Crippen molar-refractivity contribution in [3.63, 3.8) is 0 Å². The van der Waals surface area contributed by atoms with E-state index in [-0.39, 0.29) is 12.5 Å². The quantitative estimate of drug-likeness (QED) is 0.164. The van der Waals surface area contributed by atoms with E-state index in [1.165, 1.54) is 38.5 Å². The lowest BCUT2D eigenvalue weighted by molar-refractivity contribution is -0.208. The molecule has 0 radical (unpaired) electrons. The summed E-state index contributed by atoms with van der Waals surface area (Å²) in [4.78, 5) is 11.3. The predicted molar refractivity (Wildman–Crippen MR) is 121 cm³/mol. The molecule has 0 aromatic heterocycles. The Kier molecular flexibility index (Phi) is 13.2. The summed E-state index contributed by atoms with van der Waals surface area (Å²) in [6.07, 6.45) is 19.1. The third-order valence-corrected chi connectivity index (χ3v) is 6.00. The monoisotopic (exact) mass is 424 g/mol. The van der Waals surface area contributed by atoms with Gasteiger partial charge in [0.15, 0.2) is 0 Å². The molecule has 0 bridgehead atoms. The Labute approximate surface area is 183 Å². The summed E-state index contributed by atoms with van der Waals surface area (Å²) in [7, 11) is 1.15. The first-order valence-corrected chi connectivity index (χ1v) is 11.8. The largest absolute Gasteiger partial charge is 0.465 e. The van der Waals surface area contributed by atoms with Crippen LogP contribution in [0.3, 0.4) is 0 Å². The number of rotatable bonds is 15. The summed E-state index contributed by atoms with van der Waals surface area (Å²) < 4.78 is 10.3. The summed E-state index contributed by atoms with van der Waals surface area (Å²) in [5.41, 5.74) is 0. The van der Waals surface area contributed by atoms with Gasteiger partial charge in [-0.05, 0) is 70.1 Å². The first-order valence-electron chi connectivity index (χ1n) is 11.8. The molecule has 1 rings (SSSR count). The molecule has 1 saturated carbocycles. The van der Waals surface area contributed by atoms with E-state index in [9.17, 15) is 15.0 Å². The fourth-order valence-electron chi connectivity index (χ4n) is 4.18. The minimum atomic E-state index is -2.41. The first-order chi connectivity index (χ1) is 14.3. The van der Waals surface area contributed by atoms with E-state index in [2.05, 4.69) is 43.7 Å². The number of unbranched alkanes of at least 4 members (excludes halogenated alkanes) is 4. The summed E-state index contributed by atoms with van der Waals surface area (Å²) in [5, 5.41) is 19.3. The highest BCUT2D eigenvalue weighted by Gasteiger charge is 2.34. The molecule has 174 valence electrons. The van der Waals surface area contributed by atoms with Crippen LogP contribution >= 0.6 is 0 Å². The predicted octanol–water partition coefficient (Wildman–Crippen LogP) is 5.16. The van der Waals surface area contributed by atoms with Crippen molar-refractivity contribution in [1.29, 1.82) is 0 Å². The van der Waals surface area contributed by atoms with Crippen molar-refractivity contribution < 1.29 is 24.5 Å². The van der Waals surface area contributed by atoms with Gasteiger partial charge in [0.05, 0.1) is 19.8 Å². The number of esters is 1. The van der Waals surface area contributed by atoms with E-state index in [1.807, 2.05) is 6.08 Å². The Morgan fingerprint density at radius 1 is 1.07 bits per heavy atom. The molecule has 5 nitrogen and oxygen atoms in total. The van der Waals surface area contributed by atoms with Crippen molar-refractivity contribution in [3.8, 4) is 0 Å². The highest BCUT2D eigenvalue weighted by molar-refractivity contribution is 5.76. The van der Waals surface area contributed by atoms with Crippen LogP contribution in [0.15, 0.2) is 24.3 Å². The highest BCUT2D eigenvalue weighted by atomic mass is 16.6. The molecular weight excluding hydrogens is 380 g/mol. The van der Waals surface area contributed by atoms with Gasteiger partial charge in [-0.3, -0.25) is 0 Å². The number of aliphatic hydroxyl groups is 2. The molecule has 0 saturated heterocycles. The van der Waals surface area contributed by atoms with Gasteiger partial charge in [-0.1, -0.05) is 50.5 Å². The second-order valence-corrected chi connectivity index (χ2v) is 8.89. The fourth-order valence-corrected chi connectivity index (χ4v) is 4.18. The Bertz CT molecular complexity index is 524. The number of carbonyl (C=O) groups is 1. The molecule has 0 aromatic carbocycles. The van der Waals surface area contributed by atoms with E-state index < -0.39 is 11.8 Å². The molecule has 0 unspecified atom stereocenters. The number of carbonyl (C=O) groups excluding carboxylic acids is 1. The third-order valence-electron chi connectivity index (χ3n) is 6.00. The minimum absolute atomic E-state index is 0.0627. The first kappa shape index (κ1) is 26.9. The van der Waals surface area contributed by atoms with Crippen LogP contribution in [0.1, 0.15) is 85.0 Å². The van der Waals surface area contributed by atoms with Crippen LogP contribution in [0.5, 0.6) is 0 Å². The number of ether oxygens (including phenoxy) is 2. The maximum absolute atomic E-state index is 11.3. The Morgan fingerprint density at radius 3 is 2.47 bits per heavy atom. The molecule has 0 amide bonds. The molecule has 0 heterocycles. The van der Waals surface area contributed by atoms with Crippen molar-refractivity contribution in [2.24, 2.45) is 17.8 Å². The van der Waals surface area contributed by atoms with Gasteiger partial charge in [-0.25, -0.2) is 4.79 Å². The number of hydrogen-bond donors (Lipinski definition) is 2. The maximum atomic E-state index is 11.3. The van der Waals surface area contributed by atoms with E-state index in [1.54, 1.807) is 0 Å². The second-order valence-electron chi connectivity index (χ2n) is 8.89. The van der Waals surface area contributed by atoms with Crippen molar-refractivity contribution in [1.82, 2.24) is 0 Å². The Hall–Kier alpha value is -1.17. The number of hydrogen-bond acceptors (Lipinski definition) is 5. The lowest BCUT2D eigenvalue weighted by atomic mass is 9.87. The van der Waals surface area contributed by atoms with Crippen LogP contribution in [0.2, 0.25) is 0 Å². The van der Waals surface area contributed by atoms with Gasteiger partial charge in [0, 0.05) is 6.42 Å². The van der Waals surface area contributed by atoms with E-state index in [0.29, 0.717) is 24.2 Å². The molecule has 1 fully saturated rings. The van der Waals surface area contributed by atoms with E-state index in [4.69, 9.17) is 4.74 Å². The third kappa shape index (κ3) is 10.2. The van der Waals surface area contributed by atoms with Crippen molar-refractivity contribution in [2.45, 2.75) is 96.9 Å². The van der Waals surface area contributed by atoms with Gasteiger partial charge in [0.25, 0.3) is 5.79 Å². The van der Waals surface area contributed by atoms with E-state index in [0.717, 1.165) is 26.6 Å². The van der Waals surface area contributed by atoms with Crippen molar-refractivity contribution in [2.75, 3.05) is 13.7 Å². The van der Waals surface area contributed by atoms with Gasteiger partial charge >= 0.3 is 5.97 Å². The standard InChI is InChI=1S/C25H44O5/c1-5-6-7-8-9-12-15-23-21(16-17-22(23)19-30-20(2)3)14-11-10-13-18-25(27,28)24(26)29-4/h10-12,15,20-23,27-28H,5-9,13-14,16-19H2,1-4H3/b11-10-,15-12+/t21-,22-,23+/m0/s1. The Balaban J connectivity index is 2.55. The molecule has 0 aromatic rings. The molecule has 0 spiro atoms. The zero-order valence-corrected chi connectivity index (χ0v) is 19.5. The number of methoxy groups -OCH3 is 1. The topological polar surface area (TPSA) is 76.0 Å². The molecule has 1 aliphatic carbocycles. The van der Waals surface area contributed by atoms with Crippen LogP contribution in [-0.2, 0) is 14.3 Å². The Morgan fingerprint density at radius 2 is 1.80 bits per heavy atom. The smallest absolute Gasteiger partial charge is 0.366 e. The SMILES string of the molecule is CCCCCC/C=C/[C@@H]1[C@@H](C/C=C\CCC(O)(O)C(=O)OC)CC[C@H]1COC(C)C. The van der Waals surface area contributed by atoms with Crippen LogP contribution in [0, 0.1) is 17.8 Å². The molecule has 3 atom stereocenters. The van der Waals surface area contributed by atoms with Gasteiger partial charge in [0.1, 0.15) is 0 Å². The van der Waals surface area contributed by atoms with Crippen LogP contribution in [0.25, 0.3) is 0 Å². The number of allylic oxidation sites excluding steroid dienone is 4. The molecule has 30 heavy (non-hydrogen) atoms. The van der Waals surface area contributed by atoms with Crippen molar-refractivity contribution in [3.05, 3.63) is 24.3 Å².